The van der Waals surface area contributed by atoms with Gasteiger partial charge in [-0.1, -0.05) is 5.16 Å². The summed E-state index contributed by atoms with van der Waals surface area (Å²) in [5, 5.41) is 5.72. The number of rotatable bonds is 4. The number of aromatic nitrogens is 3. The lowest BCUT2D eigenvalue weighted by atomic mass is 10.3. The fourth-order valence-corrected chi connectivity index (χ4v) is 1.57. The summed E-state index contributed by atoms with van der Waals surface area (Å²) in [6, 6.07) is 0. The Kier molecular flexibility index (Phi) is 2.85. The molecule has 0 saturated carbocycles. The lowest BCUT2D eigenvalue weighted by Crippen LogP contribution is -2.00. The van der Waals surface area contributed by atoms with Crippen LogP contribution < -0.4 is 5.73 Å². The maximum Gasteiger partial charge on any atom is 0.227 e. The summed E-state index contributed by atoms with van der Waals surface area (Å²) in [4.78, 5) is 8.29. The average molecular weight is 210 g/mol. The third kappa shape index (κ3) is 1.97. The Morgan fingerprint density at radius 1 is 1.50 bits per heavy atom. The minimum absolute atomic E-state index is 0.554. The van der Waals surface area contributed by atoms with Crippen LogP contribution in [0.25, 0.3) is 11.5 Å². The van der Waals surface area contributed by atoms with Crippen molar-refractivity contribution in [3.05, 3.63) is 16.8 Å². The molecule has 0 aliphatic heterocycles. The van der Waals surface area contributed by atoms with Crippen molar-refractivity contribution in [1.29, 1.82) is 0 Å². The molecule has 0 aromatic carbocycles. The van der Waals surface area contributed by atoms with Crippen LogP contribution in [0.3, 0.4) is 0 Å². The van der Waals surface area contributed by atoms with Crippen LogP contribution in [-0.2, 0) is 6.42 Å². The zero-order valence-corrected chi connectivity index (χ0v) is 8.33. The second kappa shape index (κ2) is 4.30. The summed E-state index contributed by atoms with van der Waals surface area (Å²) in [6.45, 7) is 0.633. The first-order chi connectivity index (χ1) is 6.90. The third-order valence-electron chi connectivity index (χ3n) is 1.72. The van der Waals surface area contributed by atoms with E-state index in [1.54, 1.807) is 5.51 Å². The van der Waals surface area contributed by atoms with Crippen LogP contribution in [0, 0.1) is 0 Å². The van der Waals surface area contributed by atoms with E-state index in [-0.39, 0.29) is 0 Å². The van der Waals surface area contributed by atoms with Gasteiger partial charge in [0.2, 0.25) is 11.7 Å². The molecule has 14 heavy (non-hydrogen) atoms. The molecule has 0 spiro atoms. The Bertz CT molecular complexity index is 384. The molecule has 74 valence electrons. The fraction of sp³-hybridized carbons (Fsp3) is 0.375. The highest BCUT2D eigenvalue weighted by atomic mass is 32.1. The van der Waals surface area contributed by atoms with Crippen LogP contribution in [-0.4, -0.2) is 21.7 Å². The predicted molar refractivity (Wildman–Crippen MR) is 52.8 cm³/mol. The lowest BCUT2D eigenvalue weighted by Gasteiger charge is -1.87. The van der Waals surface area contributed by atoms with Crippen molar-refractivity contribution in [2.24, 2.45) is 5.73 Å². The SMILES string of the molecule is NCCCc1nc(-c2cscn2)no1. The first kappa shape index (κ1) is 9.29. The van der Waals surface area contributed by atoms with E-state index in [4.69, 9.17) is 10.3 Å². The van der Waals surface area contributed by atoms with E-state index in [0.717, 1.165) is 18.5 Å². The standard InChI is InChI=1S/C8H10N4OS/c9-3-1-2-7-11-8(12-13-7)6-4-14-5-10-6/h4-5H,1-3,9H2. The smallest absolute Gasteiger partial charge is 0.227 e. The van der Waals surface area contributed by atoms with Crippen molar-refractivity contribution in [1.82, 2.24) is 15.1 Å². The molecule has 0 saturated heterocycles. The molecule has 2 aromatic heterocycles. The minimum Gasteiger partial charge on any atom is -0.339 e. The van der Waals surface area contributed by atoms with Crippen molar-refractivity contribution in [2.75, 3.05) is 6.54 Å². The molecular weight excluding hydrogens is 200 g/mol. The molecule has 2 rings (SSSR count). The molecule has 6 heteroatoms. The zero-order valence-electron chi connectivity index (χ0n) is 7.51. The van der Waals surface area contributed by atoms with Gasteiger partial charge in [-0.15, -0.1) is 11.3 Å². The van der Waals surface area contributed by atoms with E-state index in [1.165, 1.54) is 11.3 Å². The molecular formula is C8H10N4OS. The summed E-state index contributed by atoms with van der Waals surface area (Å²) in [5.41, 5.74) is 7.88. The molecule has 0 fully saturated rings. The van der Waals surface area contributed by atoms with Crippen molar-refractivity contribution in [2.45, 2.75) is 12.8 Å². The highest BCUT2D eigenvalue weighted by Crippen LogP contribution is 2.15. The van der Waals surface area contributed by atoms with Crippen molar-refractivity contribution >= 4 is 11.3 Å². The molecule has 2 N–H and O–H groups in total. The van der Waals surface area contributed by atoms with Crippen LogP contribution >= 0.6 is 11.3 Å². The van der Waals surface area contributed by atoms with E-state index in [1.807, 2.05) is 5.38 Å². The molecule has 0 bridgehead atoms. The van der Waals surface area contributed by atoms with Gasteiger partial charge < -0.3 is 10.3 Å². The second-order valence-corrected chi connectivity index (χ2v) is 3.50. The van der Waals surface area contributed by atoms with Gasteiger partial charge in [-0.05, 0) is 13.0 Å². The maximum atomic E-state index is 5.38. The molecule has 0 aliphatic carbocycles. The number of nitrogens with two attached hydrogens (primary N) is 1. The van der Waals surface area contributed by atoms with Crippen molar-refractivity contribution in [3.63, 3.8) is 0 Å². The van der Waals surface area contributed by atoms with Gasteiger partial charge in [0, 0.05) is 11.8 Å². The van der Waals surface area contributed by atoms with Gasteiger partial charge in [0.15, 0.2) is 0 Å². The summed E-state index contributed by atoms with van der Waals surface area (Å²) in [6.07, 6.45) is 1.59. The van der Waals surface area contributed by atoms with Crippen LogP contribution in [0.4, 0.5) is 0 Å². The Morgan fingerprint density at radius 2 is 2.43 bits per heavy atom. The molecule has 0 unspecified atom stereocenters. The Morgan fingerprint density at radius 3 is 3.14 bits per heavy atom. The normalized spacial score (nSPS) is 10.6. The van der Waals surface area contributed by atoms with Gasteiger partial charge in [0.05, 0.1) is 5.51 Å². The summed E-state index contributed by atoms with van der Waals surface area (Å²) >= 11 is 1.51. The third-order valence-corrected chi connectivity index (χ3v) is 2.31. The number of aryl methyl sites for hydroxylation is 1. The second-order valence-electron chi connectivity index (χ2n) is 2.78. The number of thiazole rings is 1. The van der Waals surface area contributed by atoms with Crippen molar-refractivity contribution < 1.29 is 4.52 Å². The molecule has 2 heterocycles. The van der Waals surface area contributed by atoms with Gasteiger partial charge >= 0.3 is 0 Å². The summed E-state index contributed by atoms with van der Waals surface area (Å²) in [5.74, 6) is 1.18. The van der Waals surface area contributed by atoms with E-state index < -0.39 is 0 Å². The van der Waals surface area contributed by atoms with Gasteiger partial charge in [-0.25, -0.2) is 4.98 Å². The van der Waals surface area contributed by atoms with E-state index in [9.17, 15) is 0 Å². The minimum atomic E-state index is 0.554. The number of hydrogen-bond donors (Lipinski definition) is 1. The number of hydrogen-bond acceptors (Lipinski definition) is 6. The maximum absolute atomic E-state index is 5.38. The Labute approximate surface area is 85.0 Å². The van der Waals surface area contributed by atoms with Crippen LogP contribution in [0.1, 0.15) is 12.3 Å². The van der Waals surface area contributed by atoms with Crippen LogP contribution in [0.5, 0.6) is 0 Å². The molecule has 0 amide bonds. The largest absolute Gasteiger partial charge is 0.339 e. The van der Waals surface area contributed by atoms with Crippen LogP contribution in [0.2, 0.25) is 0 Å². The topological polar surface area (TPSA) is 77.8 Å². The van der Waals surface area contributed by atoms with Gasteiger partial charge in [-0.2, -0.15) is 4.98 Å². The Hall–Kier alpha value is -1.27. The first-order valence-electron chi connectivity index (χ1n) is 4.31. The molecule has 2 aromatic rings. The van der Waals surface area contributed by atoms with E-state index >= 15 is 0 Å². The first-order valence-corrected chi connectivity index (χ1v) is 5.25. The zero-order chi connectivity index (χ0) is 9.80. The van der Waals surface area contributed by atoms with Crippen LogP contribution in [0.15, 0.2) is 15.4 Å². The quantitative estimate of drug-likeness (QED) is 0.817. The fourth-order valence-electron chi connectivity index (χ4n) is 1.04. The predicted octanol–water partition coefficient (Wildman–Crippen LogP) is 1.08. The monoisotopic (exact) mass is 210 g/mol. The summed E-state index contributed by atoms with van der Waals surface area (Å²) < 4.78 is 5.04. The van der Waals surface area contributed by atoms with E-state index in [2.05, 4.69) is 15.1 Å². The Balaban J connectivity index is 2.10. The van der Waals surface area contributed by atoms with Crippen molar-refractivity contribution in [3.8, 4) is 11.5 Å². The highest BCUT2D eigenvalue weighted by molar-refractivity contribution is 7.07. The van der Waals surface area contributed by atoms with Gasteiger partial charge in [0.1, 0.15) is 5.69 Å². The van der Waals surface area contributed by atoms with Gasteiger partial charge in [-0.3, -0.25) is 0 Å². The number of nitrogens with zero attached hydrogens (tertiary/aromatic N) is 3. The lowest BCUT2D eigenvalue weighted by molar-refractivity contribution is 0.376. The van der Waals surface area contributed by atoms with Gasteiger partial charge in [0.25, 0.3) is 0 Å². The van der Waals surface area contributed by atoms with E-state index in [0.29, 0.717) is 18.3 Å². The average Bonchev–Trinajstić information content (AvgIpc) is 2.85. The molecule has 0 atom stereocenters. The molecule has 5 nitrogen and oxygen atoms in total. The molecule has 0 radical (unpaired) electrons. The molecule has 0 aliphatic rings. The highest BCUT2D eigenvalue weighted by Gasteiger charge is 2.08. The summed E-state index contributed by atoms with van der Waals surface area (Å²) in [7, 11) is 0.